The molecule has 0 aromatic heterocycles. The van der Waals surface area contributed by atoms with Crippen LogP contribution in [0.2, 0.25) is 0 Å². The van der Waals surface area contributed by atoms with Gasteiger partial charge in [0.25, 0.3) is 0 Å². The zero-order valence-electron chi connectivity index (χ0n) is 12.8. The summed E-state index contributed by atoms with van der Waals surface area (Å²) in [4.78, 5) is 11.1. The maximum Gasteiger partial charge on any atom is 0.303 e. The quantitative estimate of drug-likeness (QED) is 0.765. The monoisotopic (exact) mass is 286 g/mol. The number of carboxylic acid groups (broad SMARTS) is 1. The maximum atomic E-state index is 11.1. The van der Waals surface area contributed by atoms with Gasteiger partial charge >= 0.3 is 5.97 Å². The van der Waals surface area contributed by atoms with Crippen molar-refractivity contribution in [1.82, 2.24) is 0 Å². The minimum atomic E-state index is -0.660. The molecule has 2 nitrogen and oxygen atoms in total. The van der Waals surface area contributed by atoms with Gasteiger partial charge in [-0.05, 0) is 54.6 Å². The van der Waals surface area contributed by atoms with Crippen LogP contribution in [0.5, 0.6) is 0 Å². The Morgan fingerprint density at radius 2 is 1.81 bits per heavy atom. The van der Waals surface area contributed by atoms with Crippen molar-refractivity contribution >= 4 is 5.97 Å². The van der Waals surface area contributed by atoms with E-state index in [1.165, 1.54) is 62.5 Å². The summed E-state index contributed by atoms with van der Waals surface area (Å²) in [5.74, 6) is 0.864. The van der Waals surface area contributed by atoms with E-state index in [1.54, 1.807) is 0 Å². The van der Waals surface area contributed by atoms with Crippen LogP contribution in [0.15, 0.2) is 24.3 Å². The van der Waals surface area contributed by atoms with Gasteiger partial charge in [-0.3, -0.25) is 4.79 Å². The van der Waals surface area contributed by atoms with Crippen molar-refractivity contribution in [2.75, 3.05) is 0 Å². The lowest BCUT2D eigenvalue weighted by Crippen LogP contribution is -2.09. The molecular formula is C19H26O2. The molecule has 2 heteroatoms. The predicted molar refractivity (Wildman–Crippen MR) is 84.6 cm³/mol. The van der Waals surface area contributed by atoms with Gasteiger partial charge in [-0.1, -0.05) is 49.9 Å². The van der Waals surface area contributed by atoms with Crippen LogP contribution in [0.3, 0.4) is 0 Å². The predicted octanol–water partition coefficient (Wildman–Crippen LogP) is 5.09. The Morgan fingerprint density at radius 3 is 2.43 bits per heavy atom. The highest BCUT2D eigenvalue weighted by Crippen LogP contribution is 2.45. The highest BCUT2D eigenvalue weighted by atomic mass is 16.4. The Labute approximate surface area is 127 Å². The van der Waals surface area contributed by atoms with Crippen LogP contribution >= 0.6 is 0 Å². The normalized spacial score (nSPS) is 21.7. The van der Waals surface area contributed by atoms with Crippen molar-refractivity contribution in [2.24, 2.45) is 5.92 Å². The smallest absolute Gasteiger partial charge is 0.303 e. The van der Waals surface area contributed by atoms with Crippen molar-refractivity contribution in [3.05, 3.63) is 35.4 Å². The Kier molecular flexibility index (Phi) is 4.62. The molecule has 0 heterocycles. The second kappa shape index (κ2) is 6.64. The molecule has 114 valence electrons. The fraction of sp³-hybridized carbons (Fsp3) is 0.632. The molecule has 0 saturated heterocycles. The molecule has 0 radical (unpaired) electrons. The molecule has 2 aliphatic carbocycles. The molecule has 0 aliphatic heterocycles. The number of hydrogen-bond donors (Lipinski definition) is 1. The number of carbonyl (C=O) groups is 1. The van der Waals surface area contributed by atoms with E-state index >= 15 is 0 Å². The van der Waals surface area contributed by atoms with Crippen LogP contribution in [0.1, 0.15) is 80.8 Å². The summed E-state index contributed by atoms with van der Waals surface area (Å²) in [6.07, 6.45) is 10.7. The van der Waals surface area contributed by atoms with E-state index in [-0.39, 0.29) is 5.92 Å². The van der Waals surface area contributed by atoms with E-state index in [0.29, 0.717) is 18.3 Å². The molecule has 1 aromatic carbocycles. The molecule has 2 saturated carbocycles. The third-order valence-corrected chi connectivity index (χ3v) is 5.25. The Bertz CT molecular complexity index is 482. The van der Waals surface area contributed by atoms with E-state index in [0.717, 1.165) is 0 Å². The first-order chi connectivity index (χ1) is 10.2. The van der Waals surface area contributed by atoms with E-state index < -0.39 is 5.97 Å². The molecule has 1 atom stereocenters. The van der Waals surface area contributed by atoms with Crippen LogP contribution in [0.4, 0.5) is 0 Å². The molecule has 1 unspecified atom stereocenters. The van der Waals surface area contributed by atoms with Gasteiger partial charge in [-0.15, -0.1) is 0 Å². The molecule has 1 aromatic rings. The fourth-order valence-corrected chi connectivity index (χ4v) is 3.90. The zero-order valence-corrected chi connectivity index (χ0v) is 12.8. The van der Waals surface area contributed by atoms with Gasteiger partial charge in [-0.25, -0.2) is 0 Å². The minimum Gasteiger partial charge on any atom is -0.481 e. The number of rotatable bonds is 5. The van der Waals surface area contributed by atoms with Gasteiger partial charge in [0.05, 0.1) is 6.42 Å². The van der Waals surface area contributed by atoms with Gasteiger partial charge in [0, 0.05) is 0 Å². The Morgan fingerprint density at radius 1 is 1.10 bits per heavy atom. The van der Waals surface area contributed by atoms with Crippen LogP contribution in [0, 0.1) is 5.92 Å². The molecule has 21 heavy (non-hydrogen) atoms. The van der Waals surface area contributed by atoms with Crippen molar-refractivity contribution in [1.29, 1.82) is 0 Å². The van der Waals surface area contributed by atoms with Crippen molar-refractivity contribution < 1.29 is 9.90 Å². The second-order valence-electron chi connectivity index (χ2n) is 6.90. The summed E-state index contributed by atoms with van der Waals surface area (Å²) in [6, 6.07) is 8.87. The topological polar surface area (TPSA) is 37.3 Å². The number of carboxylic acids is 1. The van der Waals surface area contributed by atoms with E-state index in [2.05, 4.69) is 24.3 Å². The second-order valence-corrected chi connectivity index (χ2v) is 6.90. The largest absolute Gasteiger partial charge is 0.481 e. The summed E-state index contributed by atoms with van der Waals surface area (Å²) >= 11 is 0. The van der Waals surface area contributed by atoms with Crippen LogP contribution < -0.4 is 0 Å². The Balaban J connectivity index is 1.79. The van der Waals surface area contributed by atoms with Crippen LogP contribution in [-0.2, 0) is 4.79 Å². The summed E-state index contributed by atoms with van der Waals surface area (Å²) in [5, 5.41) is 9.18. The molecule has 2 aliphatic rings. The average Bonchev–Trinajstić information content (AvgIpc) is 3.31. The number of benzene rings is 1. The lowest BCUT2D eigenvalue weighted by atomic mass is 9.85. The summed E-state index contributed by atoms with van der Waals surface area (Å²) in [7, 11) is 0. The highest BCUT2D eigenvalue weighted by molar-refractivity contribution is 5.68. The summed E-state index contributed by atoms with van der Waals surface area (Å²) < 4.78 is 0. The van der Waals surface area contributed by atoms with Gasteiger partial charge in [0.15, 0.2) is 0 Å². The molecule has 0 amide bonds. The summed E-state index contributed by atoms with van der Waals surface area (Å²) in [6.45, 7) is 0. The van der Waals surface area contributed by atoms with Crippen molar-refractivity contribution in [3.8, 4) is 0 Å². The average molecular weight is 286 g/mol. The fourth-order valence-electron chi connectivity index (χ4n) is 3.90. The van der Waals surface area contributed by atoms with Crippen LogP contribution in [-0.4, -0.2) is 11.1 Å². The molecular weight excluding hydrogens is 260 g/mol. The first kappa shape index (κ1) is 14.6. The van der Waals surface area contributed by atoms with Gasteiger partial charge in [0.1, 0.15) is 0 Å². The van der Waals surface area contributed by atoms with Crippen molar-refractivity contribution in [2.45, 2.75) is 69.6 Å². The Hall–Kier alpha value is -1.31. The summed E-state index contributed by atoms with van der Waals surface area (Å²) in [5.41, 5.74) is 2.71. The minimum absolute atomic E-state index is 0.230. The SMILES string of the molecule is O=C(O)CC(c1cccc(C2CCCCCC2)c1)C1CC1. The van der Waals surface area contributed by atoms with Crippen LogP contribution in [0.25, 0.3) is 0 Å². The number of hydrogen-bond acceptors (Lipinski definition) is 1. The van der Waals surface area contributed by atoms with E-state index in [1.807, 2.05) is 0 Å². The maximum absolute atomic E-state index is 11.1. The molecule has 0 bridgehead atoms. The lowest BCUT2D eigenvalue weighted by molar-refractivity contribution is -0.137. The standard InChI is InChI=1S/C19H26O2/c20-19(21)13-18(15-10-11-15)17-9-5-8-16(12-17)14-6-3-1-2-4-7-14/h5,8-9,12,14-15,18H,1-4,6-7,10-11,13H2,(H,20,21). The molecule has 2 fully saturated rings. The number of aliphatic carboxylic acids is 1. The van der Waals surface area contributed by atoms with Gasteiger partial charge in [-0.2, -0.15) is 0 Å². The molecule has 0 spiro atoms. The first-order valence-corrected chi connectivity index (χ1v) is 8.55. The lowest BCUT2D eigenvalue weighted by Gasteiger charge is -2.19. The molecule has 1 N–H and O–H groups in total. The zero-order chi connectivity index (χ0) is 14.7. The van der Waals surface area contributed by atoms with Gasteiger partial charge in [0.2, 0.25) is 0 Å². The van der Waals surface area contributed by atoms with E-state index in [9.17, 15) is 9.90 Å². The third kappa shape index (κ3) is 3.87. The van der Waals surface area contributed by atoms with Crippen molar-refractivity contribution in [3.63, 3.8) is 0 Å². The molecule has 3 rings (SSSR count). The van der Waals surface area contributed by atoms with E-state index in [4.69, 9.17) is 0 Å². The first-order valence-electron chi connectivity index (χ1n) is 8.55. The highest BCUT2D eigenvalue weighted by Gasteiger charge is 2.33. The third-order valence-electron chi connectivity index (χ3n) is 5.25. The van der Waals surface area contributed by atoms with Gasteiger partial charge < -0.3 is 5.11 Å².